The molecule has 11 rings (SSSR count). The first-order chi connectivity index (χ1) is 25.3. The van der Waals surface area contributed by atoms with Crippen LogP contribution in [0, 0.1) is 0 Å². The molecule has 0 N–H and O–H groups in total. The van der Waals surface area contributed by atoms with E-state index in [2.05, 4.69) is 179 Å². The van der Waals surface area contributed by atoms with Crippen molar-refractivity contribution in [3.63, 3.8) is 0 Å². The lowest BCUT2D eigenvalue weighted by Gasteiger charge is -2.26. The fourth-order valence-electron chi connectivity index (χ4n) is 8.15. The molecule has 0 amide bonds. The number of benzene rings is 8. The van der Waals surface area contributed by atoms with Gasteiger partial charge in [0.15, 0.2) is 0 Å². The lowest BCUT2D eigenvalue weighted by atomic mass is 10.00. The lowest BCUT2D eigenvalue weighted by molar-refractivity contribution is 0.669. The first-order valence-electron chi connectivity index (χ1n) is 17.4. The smallest absolute Gasteiger partial charge is 0.137 e. The Kier molecular flexibility index (Phi) is 5.96. The molecule has 0 aliphatic rings. The molecule has 0 spiro atoms. The summed E-state index contributed by atoms with van der Waals surface area (Å²) in [5.74, 6) is 0. The minimum Gasteiger partial charge on any atom is -0.456 e. The van der Waals surface area contributed by atoms with Gasteiger partial charge in [0.25, 0.3) is 0 Å². The van der Waals surface area contributed by atoms with Gasteiger partial charge in [0.1, 0.15) is 11.2 Å². The molecular formula is C48H30N2O. The summed E-state index contributed by atoms with van der Waals surface area (Å²) in [5, 5.41) is 7.34. The Morgan fingerprint density at radius 1 is 0.333 bits per heavy atom. The maximum atomic E-state index is 6.39. The van der Waals surface area contributed by atoms with E-state index in [0.717, 1.165) is 39.0 Å². The molecular weight excluding hydrogens is 621 g/mol. The third kappa shape index (κ3) is 4.25. The fraction of sp³-hybridized carbons (Fsp3) is 0. The molecule has 11 aromatic rings. The molecule has 51 heavy (non-hydrogen) atoms. The highest BCUT2D eigenvalue weighted by atomic mass is 16.3. The van der Waals surface area contributed by atoms with Crippen LogP contribution in [0.1, 0.15) is 0 Å². The van der Waals surface area contributed by atoms with Crippen molar-refractivity contribution in [1.82, 2.24) is 4.40 Å². The minimum absolute atomic E-state index is 0.877. The highest BCUT2D eigenvalue weighted by Gasteiger charge is 2.20. The van der Waals surface area contributed by atoms with Gasteiger partial charge in [0.05, 0.1) is 16.6 Å². The Balaban J connectivity index is 1.07. The van der Waals surface area contributed by atoms with Crippen molar-refractivity contribution in [2.75, 3.05) is 4.90 Å². The summed E-state index contributed by atoms with van der Waals surface area (Å²) in [5.41, 5.74) is 13.5. The quantitative estimate of drug-likeness (QED) is 0.185. The van der Waals surface area contributed by atoms with Crippen LogP contribution in [0.2, 0.25) is 0 Å². The lowest BCUT2D eigenvalue weighted by Crippen LogP contribution is -2.09. The van der Waals surface area contributed by atoms with Gasteiger partial charge in [0.2, 0.25) is 0 Å². The SMILES string of the molecule is c1ccc(-c2ccc(-c3ccc(N(c4ccc5c(c4)oc4ccccc45)c4ccc5c(c4)c4cccc6c7ccccc7n5c64)cc3)cc2)cc1. The zero-order valence-corrected chi connectivity index (χ0v) is 27.6. The van der Waals surface area contributed by atoms with E-state index in [0.29, 0.717) is 0 Å². The normalized spacial score (nSPS) is 11.9. The van der Waals surface area contributed by atoms with Gasteiger partial charge in [0, 0.05) is 55.4 Å². The van der Waals surface area contributed by atoms with E-state index in [1.54, 1.807) is 0 Å². The average molecular weight is 651 g/mol. The maximum Gasteiger partial charge on any atom is 0.137 e. The Hall–Kier alpha value is -6.84. The van der Waals surface area contributed by atoms with E-state index in [1.165, 1.54) is 60.3 Å². The monoisotopic (exact) mass is 650 g/mol. The summed E-state index contributed by atoms with van der Waals surface area (Å²) in [6.07, 6.45) is 0. The molecule has 0 aliphatic carbocycles. The summed E-state index contributed by atoms with van der Waals surface area (Å²) in [4.78, 5) is 2.35. The molecule has 3 heterocycles. The van der Waals surface area contributed by atoms with Crippen molar-refractivity contribution in [2.45, 2.75) is 0 Å². The largest absolute Gasteiger partial charge is 0.456 e. The Morgan fingerprint density at radius 3 is 1.65 bits per heavy atom. The van der Waals surface area contributed by atoms with Gasteiger partial charge < -0.3 is 13.7 Å². The minimum atomic E-state index is 0.877. The molecule has 0 unspecified atom stereocenters. The second-order valence-corrected chi connectivity index (χ2v) is 13.4. The van der Waals surface area contributed by atoms with Gasteiger partial charge in [-0.1, -0.05) is 121 Å². The zero-order valence-electron chi connectivity index (χ0n) is 27.6. The highest BCUT2D eigenvalue weighted by molar-refractivity contribution is 6.23. The molecule has 0 saturated carbocycles. The molecule has 8 aromatic carbocycles. The molecule has 3 heteroatoms. The van der Waals surface area contributed by atoms with Crippen molar-refractivity contribution in [3.8, 4) is 22.3 Å². The van der Waals surface area contributed by atoms with Crippen LogP contribution in [0.15, 0.2) is 186 Å². The van der Waals surface area contributed by atoms with Crippen LogP contribution < -0.4 is 4.90 Å². The van der Waals surface area contributed by atoms with Crippen molar-refractivity contribution >= 4 is 77.1 Å². The zero-order chi connectivity index (χ0) is 33.5. The third-order valence-corrected chi connectivity index (χ3v) is 10.5. The first kappa shape index (κ1) is 28.0. The summed E-state index contributed by atoms with van der Waals surface area (Å²) in [6, 6.07) is 65.4. The third-order valence-electron chi connectivity index (χ3n) is 10.5. The average Bonchev–Trinajstić information content (AvgIpc) is 3.85. The van der Waals surface area contributed by atoms with Crippen LogP contribution in [0.25, 0.3) is 82.3 Å². The number of fused-ring (bicyclic) bond motifs is 9. The number of hydrogen-bond acceptors (Lipinski definition) is 2. The van der Waals surface area contributed by atoms with Crippen molar-refractivity contribution in [2.24, 2.45) is 0 Å². The number of para-hydroxylation sites is 3. The Morgan fingerprint density at radius 2 is 0.863 bits per heavy atom. The van der Waals surface area contributed by atoms with E-state index >= 15 is 0 Å². The van der Waals surface area contributed by atoms with E-state index < -0.39 is 0 Å². The van der Waals surface area contributed by atoms with Crippen molar-refractivity contribution in [3.05, 3.63) is 182 Å². The molecule has 0 radical (unpaired) electrons. The van der Waals surface area contributed by atoms with Crippen LogP contribution in [-0.2, 0) is 0 Å². The second kappa shape index (κ2) is 10.8. The van der Waals surface area contributed by atoms with Gasteiger partial charge >= 0.3 is 0 Å². The fourth-order valence-corrected chi connectivity index (χ4v) is 8.15. The van der Waals surface area contributed by atoms with E-state index in [9.17, 15) is 0 Å². The van der Waals surface area contributed by atoms with Crippen LogP contribution >= 0.6 is 0 Å². The van der Waals surface area contributed by atoms with E-state index in [4.69, 9.17) is 4.42 Å². The highest BCUT2D eigenvalue weighted by Crippen LogP contribution is 2.44. The maximum absolute atomic E-state index is 6.39. The van der Waals surface area contributed by atoms with Crippen LogP contribution in [0.3, 0.4) is 0 Å². The molecule has 0 bridgehead atoms. The predicted molar refractivity (Wildman–Crippen MR) is 214 cm³/mol. The van der Waals surface area contributed by atoms with Gasteiger partial charge in [-0.2, -0.15) is 0 Å². The van der Waals surface area contributed by atoms with Gasteiger partial charge in [-0.3, -0.25) is 0 Å². The molecule has 0 saturated heterocycles. The number of aromatic nitrogens is 1. The number of hydrogen-bond donors (Lipinski definition) is 0. The van der Waals surface area contributed by atoms with Gasteiger partial charge in [-0.05, 0) is 76.9 Å². The topological polar surface area (TPSA) is 20.8 Å². The van der Waals surface area contributed by atoms with Crippen LogP contribution in [0.4, 0.5) is 17.1 Å². The van der Waals surface area contributed by atoms with E-state index in [-0.39, 0.29) is 0 Å². The number of nitrogens with zero attached hydrogens (tertiary/aromatic N) is 2. The van der Waals surface area contributed by atoms with Crippen molar-refractivity contribution < 1.29 is 4.42 Å². The number of furan rings is 1. The molecule has 0 aliphatic heterocycles. The summed E-state index contributed by atoms with van der Waals surface area (Å²) in [6.45, 7) is 0. The summed E-state index contributed by atoms with van der Waals surface area (Å²) >= 11 is 0. The number of rotatable bonds is 5. The van der Waals surface area contributed by atoms with Crippen LogP contribution in [0.5, 0.6) is 0 Å². The summed E-state index contributed by atoms with van der Waals surface area (Å²) < 4.78 is 8.82. The Labute approximate surface area is 294 Å². The van der Waals surface area contributed by atoms with Crippen LogP contribution in [-0.4, -0.2) is 4.40 Å². The standard InChI is InChI=1S/C48H30N2O/c1-2-9-31(10-3-1)32-17-19-33(20-18-32)34-21-23-35(24-22-34)49(37-25-27-40-39-12-5-7-16-46(39)51-47(40)30-37)36-26-28-45-43(29-36)42-14-8-13-41-38-11-4-6-15-44(38)50(45)48(41)42/h1-30H. The molecule has 238 valence electrons. The molecule has 0 atom stereocenters. The first-order valence-corrected chi connectivity index (χ1v) is 17.4. The molecule has 3 nitrogen and oxygen atoms in total. The Bertz CT molecular complexity index is 3060. The van der Waals surface area contributed by atoms with Gasteiger partial charge in [-0.25, -0.2) is 0 Å². The predicted octanol–water partition coefficient (Wildman–Crippen LogP) is 13.5. The van der Waals surface area contributed by atoms with Crippen molar-refractivity contribution in [1.29, 1.82) is 0 Å². The summed E-state index contributed by atoms with van der Waals surface area (Å²) in [7, 11) is 0. The number of anilines is 3. The molecule has 3 aromatic heterocycles. The second-order valence-electron chi connectivity index (χ2n) is 13.4. The molecule has 0 fully saturated rings. The van der Waals surface area contributed by atoms with Gasteiger partial charge in [-0.15, -0.1) is 0 Å². The van der Waals surface area contributed by atoms with E-state index in [1.807, 2.05) is 12.1 Å².